The van der Waals surface area contributed by atoms with Gasteiger partial charge in [0.05, 0.1) is 29.2 Å². The maximum atomic E-state index is 13.6. The van der Waals surface area contributed by atoms with Gasteiger partial charge in [0, 0.05) is 12.1 Å². The van der Waals surface area contributed by atoms with Crippen LogP contribution in [-0.2, 0) is 6.18 Å². The smallest absolute Gasteiger partial charge is 0.337 e. The second-order valence-electron chi connectivity index (χ2n) is 8.43. The number of carbonyl (C=O) groups is 1. The van der Waals surface area contributed by atoms with Crippen molar-refractivity contribution >= 4 is 5.91 Å². The highest BCUT2D eigenvalue weighted by Crippen LogP contribution is 2.37. The maximum Gasteiger partial charge on any atom is 0.416 e. The highest BCUT2D eigenvalue weighted by Gasteiger charge is 2.37. The summed E-state index contributed by atoms with van der Waals surface area (Å²) in [5.74, 6) is 0.00691. The molecule has 3 heterocycles. The summed E-state index contributed by atoms with van der Waals surface area (Å²) in [6, 6.07) is 8.80. The van der Waals surface area contributed by atoms with Crippen LogP contribution in [0.4, 0.5) is 13.2 Å². The van der Waals surface area contributed by atoms with Crippen molar-refractivity contribution in [1.29, 1.82) is 0 Å². The van der Waals surface area contributed by atoms with Gasteiger partial charge in [-0.15, -0.1) is 0 Å². The fourth-order valence-corrected chi connectivity index (χ4v) is 4.42. The lowest BCUT2D eigenvalue weighted by Crippen LogP contribution is -2.31. The summed E-state index contributed by atoms with van der Waals surface area (Å²) in [6.07, 6.45) is -0.116. The number of hydrogen-bond donors (Lipinski definition) is 0. The lowest BCUT2D eigenvalue weighted by molar-refractivity contribution is -0.138. The van der Waals surface area contributed by atoms with Gasteiger partial charge in [-0.2, -0.15) is 33.1 Å². The first-order valence-corrected chi connectivity index (χ1v) is 11.0. The van der Waals surface area contributed by atoms with Crippen molar-refractivity contribution in [3.05, 3.63) is 76.9 Å². The van der Waals surface area contributed by atoms with Crippen LogP contribution in [0, 0.1) is 13.8 Å². The average Bonchev–Trinajstić information content (AvgIpc) is 3.59. The third kappa shape index (κ3) is 4.17. The van der Waals surface area contributed by atoms with Gasteiger partial charge in [-0.05, 0) is 50.5 Å². The Kier molecular flexibility index (Phi) is 5.62. The van der Waals surface area contributed by atoms with Crippen molar-refractivity contribution in [2.24, 2.45) is 0 Å². The minimum atomic E-state index is -4.49. The van der Waals surface area contributed by atoms with Gasteiger partial charge in [-0.3, -0.25) is 4.79 Å². The molecule has 0 N–H and O–H groups in total. The minimum Gasteiger partial charge on any atom is -0.337 e. The SMILES string of the molecule is Cc1ccc(-n2nccn2)c(C(=O)N2CCCC2c2nc(-c3cccc(C(F)(F)F)c3C)no2)c1. The summed E-state index contributed by atoms with van der Waals surface area (Å²) >= 11 is 0. The molecule has 0 saturated carbocycles. The van der Waals surface area contributed by atoms with Crippen molar-refractivity contribution in [3.63, 3.8) is 0 Å². The lowest BCUT2D eigenvalue weighted by Gasteiger charge is -2.23. The van der Waals surface area contributed by atoms with Gasteiger partial charge in [-0.1, -0.05) is 28.9 Å². The first-order valence-electron chi connectivity index (χ1n) is 11.0. The van der Waals surface area contributed by atoms with Gasteiger partial charge in [0.2, 0.25) is 11.7 Å². The summed E-state index contributed by atoms with van der Waals surface area (Å²) < 4.78 is 45.5. The first-order chi connectivity index (χ1) is 16.7. The Morgan fingerprint density at radius 2 is 1.89 bits per heavy atom. The molecule has 1 fully saturated rings. The summed E-state index contributed by atoms with van der Waals surface area (Å²) in [6.45, 7) is 3.74. The first kappa shape index (κ1) is 22.8. The van der Waals surface area contributed by atoms with E-state index in [0.29, 0.717) is 24.2 Å². The third-order valence-corrected chi connectivity index (χ3v) is 6.14. The van der Waals surface area contributed by atoms with Gasteiger partial charge in [0.25, 0.3) is 5.91 Å². The molecule has 2 aromatic heterocycles. The number of alkyl halides is 3. The van der Waals surface area contributed by atoms with Gasteiger partial charge < -0.3 is 9.42 Å². The zero-order valence-electron chi connectivity index (χ0n) is 19.0. The van der Waals surface area contributed by atoms with Crippen LogP contribution in [0.2, 0.25) is 0 Å². The number of rotatable bonds is 4. The van der Waals surface area contributed by atoms with Crippen LogP contribution in [0.25, 0.3) is 17.1 Å². The summed E-state index contributed by atoms with van der Waals surface area (Å²) in [7, 11) is 0. The Balaban J connectivity index is 1.47. The monoisotopic (exact) mass is 482 g/mol. The molecule has 1 saturated heterocycles. The lowest BCUT2D eigenvalue weighted by atomic mass is 10.0. The van der Waals surface area contributed by atoms with Crippen molar-refractivity contribution in [2.75, 3.05) is 6.54 Å². The molecule has 0 bridgehead atoms. The molecule has 0 aliphatic carbocycles. The second kappa shape index (κ2) is 8.64. The molecule has 0 radical (unpaired) electrons. The Labute approximate surface area is 198 Å². The molecular weight excluding hydrogens is 461 g/mol. The fraction of sp³-hybridized carbons (Fsp3) is 0.292. The minimum absolute atomic E-state index is 0.0165. The predicted octanol–water partition coefficient (Wildman–Crippen LogP) is 4.93. The number of hydrogen-bond acceptors (Lipinski definition) is 6. The zero-order chi connectivity index (χ0) is 24.7. The van der Waals surface area contributed by atoms with Crippen molar-refractivity contribution < 1.29 is 22.5 Å². The quantitative estimate of drug-likeness (QED) is 0.410. The van der Waals surface area contributed by atoms with E-state index in [9.17, 15) is 18.0 Å². The van der Waals surface area contributed by atoms with Crippen molar-refractivity contribution in [1.82, 2.24) is 30.0 Å². The molecule has 1 aliphatic rings. The molecule has 180 valence electrons. The van der Waals surface area contributed by atoms with E-state index in [4.69, 9.17) is 4.52 Å². The van der Waals surface area contributed by atoms with E-state index < -0.39 is 17.8 Å². The highest BCUT2D eigenvalue weighted by atomic mass is 19.4. The number of nitrogens with zero attached hydrogens (tertiary/aromatic N) is 6. The number of halogens is 3. The molecule has 0 spiro atoms. The van der Waals surface area contributed by atoms with Crippen LogP contribution in [0.15, 0.2) is 53.3 Å². The number of likely N-dealkylation sites (tertiary alicyclic amines) is 1. The van der Waals surface area contributed by atoms with Crippen molar-refractivity contribution in [3.8, 4) is 17.1 Å². The van der Waals surface area contributed by atoms with Crippen LogP contribution in [0.1, 0.15) is 51.8 Å². The summed E-state index contributed by atoms with van der Waals surface area (Å²) in [4.78, 5) is 21.1. The van der Waals surface area contributed by atoms with E-state index in [1.807, 2.05) is 13.0 Å². The second-order valence-corrected chi connectivity index (χ2v) is 8.43. The van der Waals surface area contributed by atoms with Crippen LogP contribution in [0.5, 0.6) is 0 Å². The molecule has 2 aromatic carbocycles. The topological polar surface area (TPSA) is 89.9 Å². The molecular formula is C24H21F3N6O2. The molecule has 1 aliphatic heterocycles. The number of amides is 1. The largest absolute Gasteiger partial charge is 0.416 e. The predicted molar refractivity (Wildman–Crippen MR) is 119 cm³/mol. The Hall–Kier alpha value is -4.02. The van der Waals surface area contributed by atoms with Gasteiger partial charge in [-0.25, -0.2) is 0 Å². The number of aryl methyl sites for hydroxylation is 1. The molecule has 4 aromatic rings. The van der Waals surface area contributed by atoms with Crippen LogP contribution in [0.3, 0.4) is 0 Å². The molecule has 1 amide bonds. The van der Waals surface area contributed by atoms with E-state index in [0.717, 1.165) is 18.1 Å². The standard InChI is InChI=1S/C24H21F3N6O2/c1-14-8-9-19(33-28-10-11-29-33)17(13-14)23(34)32-12-4-7-20(32)22-30-21(31-35-22)16-5-3-6-18(15(16)2)24(25,26)27/h3,5-6,8-11,13,20H,4,7,12H2,1-2H3. The molecule has 11 heteroatoms. The van der Waals surface area contributed by atoms with E-state index in [2.05, 4.69) is 20.3 Å². The van der Waals surface area contributed by atoms with E-state index >= 15 is 0 Å². The number of carbonyl (C=O) groups excluding carboxylic acids is 1. The maximum absolute atomic E-state index is 13.6. The molecule has 1 unspecified atom stereocenters. The number of aromatic nitrogens is 5. The van der Waals surface area contributed by atoms with E-state index in [1.165, 1.54) is 36.2 Å². The Bertz CT molecular complexity index is 1380. The molecule has 35 heavy (non-hydrogen) atoms. The van der Waals surface area contributed by atoms with Crippen LogP contribution in [-0.4, -0.2) is 42.5 Å². The van der Waals surface area contributed by atoms with Crippen LogP contribution < -0.4 is 0 Å². The summed E-state index contributed by atoms with van der Waals surface area (Å²) in [5, 5.41) is 12.2. The van der Waals surface area contributed by atoms with Crippen LogP contribution >= 0.6 is 0 Å². The van der Waals surface area contributed by atoms with Gasteiger partial charge >= 0.3 is 6.18 Å². The molecule has 8 nitrogen and oxygen atoms in total. The highest BCUT2D eigenvalue weighted by molar-refractivity contribution is 5.98. The molecule has 5 rings (SSSR count). The summed E-state index contributed by atoms with van der Waals surface area (Å²) in [5.41, 5.74) is 1.38. The normalized spacial score (nSPS) is 16.1. The van der Waals surface area contributed by atoms with E-state index in [-0.39, 0.29) is 28.7 Å². The van der Waals surface area contributed by atoms with E-state index in [1.54, 1.807) is 17.0 Å². The van der Waals surface area contributed by atoms with Gasteiger partial charge in [0.1, 0.15) is 6.04 Å². The van der Waals surface area contributed by atoms with Crippen molar-refractivity contribution in [2.45, 2.75) is 38.9 Å². The Morgan fingerprint density at radius 3 is 2.63 bits per heavy atom. The zero-order valence-corrected chi connectivity index (χ0v) is 19.0. The third-order valence-electron chi connectivity index (χ3n) is 6.14. The molecule has 1 atom stereocenters. The number of benzene rings is 2. The average molecular weight is 482 g/mol. The Morgan fingerprint density at radius 1 is 1.11 bits per heavy atom. The van der Waals surface area contributed by atoms with Gasteiger partial charge in [0.15, 0.2) is 0 Å². The fourth-order valence-electron chi connectivity index (χ4n) is 4.42.